The van der Waals surface area contributed by atoms with E-state index >= 15 is 0 Å². The number of fused-ring (bicyclic) bond motifs is 2. The number of benzene rings is 2. The van der Waals surface area contributed by atoms with Gasteiger partial charge in [0, 0.05) is 11.6 Å². The van der Waals surface area contributed by atoms with Gasteiger partial charge < -0.3 is 18.9 Å². The summed E-state index contributed by atoms with van der Waals surface area (Å²) in [7, 11) is 0. The number of aldehydes is 1. The number of carbonyl (C=O) groups excluding carboxylic acids is 1. The molecule has 0 aliphatic carbocycles. The van der Waals surface area contributed by atoms with Crippen LogP contribution in [0.15, 0.2) is 42.6 Å². The van der Waals surface area contributed by atoms with Gasteiger partial charge in [0.05, 0.1) is 4.92 Å². The molecule has 2 heterocycles. The summed E-state index contributed by atoms with van der Waals surface area (Å²) in [6.07, 6.45) is 3.07. The van der Waals surface area contributed by atoms with E-state index in [1.807, 2.05) is 0 Å². The van der Waals surface area contributed by atoms with Crippen molar-refractivity contribution in [3.8, 4) is 23.0 Å². The third kappa shape index (κ3) is 4.05. The largest absolute Gasteiger partial charge is 0.454 e. The summed E-state index contributed by atoms with van der Waals surface area (Å²) < 4.78 is 20.3. The summed E-state index contributed by atoms with van der Waals surface area (Å²) >= 11 is 0. The van der Waals surface area contributed by atoms with Crippen molar-refractivity contribution in [1.82, 2.24) is 0 Å². The summed E-state index contributed by atoms with van der Waals surface area (Å²) in [5, 5.41) is 10.1. The van der Waals surface area contributed by atoms with Crippen molar-refractivity contribution in [3.05, 3.63) is 63.8 Å². The maximum absolute atomic E-state index is 10.3. The van der Waals surface area contributed by atoms with Gasteiger partial charge in [-0.1, -0.05) is 6.07 Å². The number of nitro groups is 1. The molecule has 25 heavy (non-hydrogen) atoms. The van der Waals surface area contributed by atoms with Crippen LogP contribution in [0.4, 0.5) is 0 Å². The molecule has 8 nitrogen and oxygen atoms in total. The zero-order valence-corrected chi connectivity index (χ0v) is 12.9. The molecule has 0 radical (unpaired) electrons. The van der Waals surface area contributed by atoms with Crippen molar-refractivity contribution in [2.24, 2.45) is 0 Å². The third-order valence-electron chi connectivity index (χ3n) is 3.32. The van der Waals surface area contributed by atoms with Crippen molar-refractivity contribution in [2.75, 3.05) is 13.6 Å². The monoisotopic (exact) mass is 343 g/mol. The van der Waals surface area contributed by atoms with Crippen molar-refractivity contribution in [1.29, 1.82) is 0 Å². The van der Waals surface area contributed by atoms with Gasteiger partial charge in [0.15, 0.2) is 23.0 Å². The fourth-order valence-electron chi connectivity index (χ4n) is 2.15. The van der Waals surface area contributed by atoms with E-state index in [2.05, 4.69) is 0 Å². The summed E-state index contributed by atoms with van der Waals surface area (Å²) in [5.74, 6) is 2.64. The molecule has 0 amide bonds. The molecule has 0 N–H and O–H groups in total. The predicted molar refractivity (Wildman–Crippen MR) is 86.5 cm³/mol. The number of hydrogen-bond acceptors (Lipinski definition) is 7. The van der Waals surface area contributed by atoms with Crippen LogP contribution in [0.3, 0.4) is 0 Å². The second-order valence-electron chi connectivity index (χ2n) is 4.94. The van der Waals surface area contributed by atoms with E-state index in [4.69, 9.17) is 18.9 Å². The molecule has 2 aromatic rings. The zero-order valence-electron chi connectivity index (χ0n) is 12.9. The van der Waals surface area contributed by atoms with Crippen LogP contribution in [0.5, 0.6) is 23.0 Å². The normalized spacial score (nSPS) is 13.3. The van der Waals surface area contributed by atoms with Gasteiger partial charge >= 0.3 is 0 Å². The first-order chi connectivity index (χ1) is 12.2. The minimum atomic E-state index is -0.509. The molecule has 2 aromatic carbocycles. The van der Waals surface area contributed by atoms with Crippen LogP contribution in [0.2, 0.25) is 0 Å². The molecule has 0 atom stereocenters. The number of ether oxygens (including phenoxy) is 4. The fraction of sp³-hybridized carbons (Fsp3) is 0.118. The van der Waals surface area contributed by atoms with Crippen molar-refractivity contribution in [3.63, 3.8) is 0 Å². The van der Waals surface area contributed by atoms with Gasteiger partial charge in [-0.3, -0.25) is 14.9 Å². The predicted octanol–water partition coefficient (Wildman–Crippen LogP) is 2.89. The topological polar surface area (TPSA) is 97.1 Å². The van der Waals surface area contributed by atoms with E-state index in [0.717, 1.165) is 12.5 Å². The Morgan fingerprint density at radius 1 is 0.840 bits per heavy atom. The first kappa shape index (κ1) is 16.3. The van der Waals surface area contributed by atoms with E-state index in [-0.39, 0.29) is 13.6 Å². The quantitative estimate of drug-likeness (QED) is 0.480. The van der Waals surface area contributed by atoms with Gasteiger partial charge in [-0.25, -0.2) is 0 Å². The molecule has 0 unspecified atom stereocenters. The highest BCUT2D eigenvalue weighted by Crippen LogP contribution is 2.33. The maximum atomic E-state index is 10.3. The second-order valence-corrected chi connectivity index (χ2v) is 4.94. The number of carbonyl (C=O) groups is 1. The second kappa shape index (κ2) is 7.35. The number of rotatable bonds is 3. The highest BCUT2D eigenvalue weighted by atomic mass is 16.7. The Labute approximate surface area is 142 Å². The first-order valence-electron chi connectivity index (χ1n) is 7.22. The van der Waals surface area contributed by atoms with E-state index in [1.54, 1.807) is 36.4 Å². The molecular weight excluding hydrogens is 330 g/mol. The van der Waals surface area contributed by atoms with Crippen molar-refractivity contribution < 1.29 is 28.7 Å². The summed E-state index contributed by atoms with van der Waals surface area (Å²) in [4.78, 5) is 19.9. The first-order valence-corrected chi connectivity index (χ1v) is 7.22. The fourth-order valence-corrected chi connectivity index (χ4v) is 2.15. The lowest BCUT2D eigenvalue weighted by molar-refractivity contribution is -0.400. The van der Waals surface area contributed by atoms with E-state index in [9.17, 15) is 14.9 Å². The van der Waals surface area contributed by atoms with Crippen LogP contribution in [-0.4, -0.2) is 24.8 Å². The van der Waals surface area contributed by atoms with Crippen LogP contribution >= 0.6 is 0 Å². The van der Waals surface area contributed by atoms with E-state index in [1.165, 1.54) is 6.08 Å². The van der Waals surface area contributed by atoms with Crippen molar-refractivity contribution in [2.45, 2.75) is 0 Å². The minimum Gasteiger partial charge on any atom is -0.454 e. The summed E-state index contributed by atoms with van der Waals surface area (Å²) in [5.41, 5.74) is 1.32. The molecule has 0 aromatic heterocycles. The molecule has 0 spiro atoms. The highest BCUT2D eigenvalue weighted by Gasteiger charge is 2.13. The van der Waals surface area contributed by atoms with Crippen LogP contribution in [-0.2, 0) is 0 Å². The molecular formula is C17H13NO7. The van der Waals surface area contributed by atoms with Gasteiger partial charge in [-0.2, -0.15) is 0 Å². The Bertz CT molecular complexity index is 832. The molecule has 128 valence electrons. The molecule has 4 rings (SSSR count). The Hall–Kier alpha value is -3.55. The molecule has 2 aliphatic rings. The van der Waals surface area contributed by atoms with Crippen LogP contribution in [0, 0.1) is 10.1 Å². The highest BCUT2D eigenvalue weighted by molar-refractivity contribution is 5.76. The zero-order chi connectivity index (χ0) is 17.6. The average Bonchev–Trinajstić information content (AvgIpc) is 3.28. The van der Waals surface area contributed by atoms with Gasteiger partial charge in [-0.15, -0.1) is 0 Å². The Balaban J connectivity index is 0.000000150. The molecule has 0 bridgehead atoms. The third-order valence-corrected chi connectivity index (χ3v) is 3.32. The van der Waals surface area contributed by atoms with Crippen LogP contribution < -0.4 is 18.9 Å². The standard InChI is InChI=1S/C9H7NO4.C8H6O3/c11-10(12)4-3-7-1-2-8-9(5-7)14-6-13-8;9-4-6-1-2-7-8(3-6)11-5-10-7/h1-5H,6H2;1-4H,5H2. The molecule has 0 fully saturated rings. The van der Waals surface area contributed by atoms with Gasteiger partial charge in [0.2, 0.25) is 19.8 Å². The smallest absolute Gasteiger partial charge is 0.235 e. The molecule has 0 saturated heterocycles. The van der Waals surface area contributed by atoms with Crippen LogP contribution in [0.1, 0.15) is 15.9 Å². The average molecular weight is 343 g/mol. The van der Waals surface area contributed by atoms with Crippen molar-refractivity contribution >= 4 is 12.4 Å². The Kier molecular flexibility index (Phi) is 4.79. The van der Waals surface area contributed by atoms with Crippen LogP contribution in [0.25, 0.3) is 6.08 Å². The summed E-state index contributed by atoms with van der Waals surface area (Å²) in [6.45, 7) is 0.454. The van der Waals surface area contributed by atoms with Gasteiger partial charge in [0.1, 0.15) is 6.29 Å². The molecule has 2 aliphatic heterocycles. The number of hydrogen-bond donors (Lipinski definition) is 0. The van der Waals surface area contributed by atoms with E-state index < -0.39 is 4.92 Å². The van der Waals surface area contributed by atoms with E-state index in [0.29, 0.717) is 34.1 Å². The number of nitrogens with zero attached hydrogens (tertiary/aromatic N) is 1. The summed E-state index contributed by atoms with van der Waals surface area (Å²) in [6, 6.07) is 10.2. The SMILES string of the molecule is O=Cc1ccc2c(c1)OCO2.O=[N+]([O-])C=Cc1ccc2c(c1)OCO2. The molecule has 8 heteroatoms. The Morgan fingerprint density at radius 2 is 1.36 bits per heavy atom. The molecule has 0 saturated carbocycles. The Morgan fingerprint density at radius 3 is 1.92 bits per heavy atom. The lowest BCUT2D eigenvalue weighted by atomic mass is 10.2. The minimum absolute atomic E-state index is 0.206. The van der Waals surface area contributed by atoms with Gasteiger partial charge in [0.25, 0.3) is 0 Å². The lowest BCUT2D eigenvalue weighted by Crippen LogP contribution is -1.92. The van der Waals surface area contributed by atoms with Gasteiger partial charge in [-0.05, 0) is 35.9 Å². The maximum Gasteiger partial charge on any atom is 0.235 e. The lowest BCUT2D eigenvalue weighted by Gasteiger charge is -1.95.